The minimum Gasteiger partial charge on any atom is -0.356 e. The summed E-state index contributed by atoms with van der Waals surface area (Å²) in [6, 6.07) is 25.2. The van der Waals surface area contributed by atoms with E-state index < -0.39 is 6.04 Å². The third kappa shape index (κ3) is 2.85. The lowest BCUT2D eigenvalue weighted by atomic mass is 9.90. The second kappa shape index (κ2) is 7.38. The molecule has 0 saturated carbocycles. The second-order valence-corrected chi connectivity index (χ2v) is 8.51. The average Bonchev–Trinajstić information content (AvgIpc) is 3.35. The van der Waals surface area contributed by atoms with E-state index in [1.54, 1.807) is 4.90 Å². The first-order valence-corrected chi connectivity index (χ1v) is 11.0. The van der Waals surface area contributed by atoms with Gasteiger partial charge in [0, 0.05) is 35.1 Å². The van der Waals surface area contributed by atoms with Gasteiger partial charge in [0.05, 0.1) is 6.04 Å². The molecule has 2 unspecified atom stereocenters. The minimum absolute atomic E-state index is 0.0712. The number of carbonyl (C=O) groups excluding carboxylic acids is 2. The molecule has 1 aromatic heterocycles. The molecule has 4 aromatic rings. The van der Waals surface area contributed by atoms with Crippen LogP contribution in [0.2, 0.25) is 0 Å². The van der Waals surface area contributed by atoms with Gasteiger partial charge < -0.3 is 15.2 Å². The molecular weight excluding hydrogens is 398 g/mol. The van der Waals surface area contributed by atoms with Crippen LogP contribution < -0.4 is 5.32 Å². The first kappa shape index (κ1) is 18.9. The van der Waals surface area contributed by atoms with Crippen molar-refractivity contribution >= 4 is 22.7 Å². The van der Waals surface area contributed by atoms with Crippen molar-refractivity contribution in [2.45, 2.75) is 24.9 Å². The molecule has 2 aliphatic heterocycles. The van der Waals surface area contributed by atoms with Gasteiger partial charge in [0.2, 0.25) is 5.91 Å². The number of benzene rings is 3. The Hall–Kier alpha value is -3.86. The molecule has 0 spiro atoms. The number of fused-ring (bicyclic) bond motifs is 7. The van der Waals surface area contributed by atoms with Crippen LogP contribution >= 0.6 is 0 Å². The number of aromatic nitrogens is 1. The van der Waals surface area contributed by atoms with Crippen molar-refractivity contribution in [2.75, 3.05) is 6.54 Å². The highest BCUT2D eigenvalue weighted by atomic mass is 16.2. The summed E-state index contributed by atoms with van der Waals surface area (Å²) < 4.78 is 0. The summed E-state index contributed by atoms with van der Waals surface area (Å²) in [5, 5.41) is 4.21. The van der Waals surface area contributed by atoms with Crippen molar-refractivity contribution in [3.05, 3.63) is 107 Å². The zero-order chi connectivity index (χ0) is 21.7. The molecule has 0 bridgehead atoms. The molecule has 2 aliphatic rings. The molecule has 3 aromatic carbocycles. The van der Waals surface area contributed by atoms with Crippen LogP contribution in [0.25, 0.3) is 10.9 Å². The lowest BCUT2D eigenvalue weighted by Gasteiger charge is -2.37. The highest BCUT2D eigenvalue weighted by Gasteiger charge is 2.48. The van der Waals surface area contributed by atoms with Crippen LogP contribution in [-0.4, -0.2) is 34.3 Å². The number of nitrogens with zero attached hydrogens (tertiary/aromatic N) is 1. The molecule has 0 aliphatic carbocycles. The number of hydrogen-bond donors (Lipinski definition) is 2. The summed E-state index contributed by atoms with van der Waals surface area (Å²) in [6.45, 7) is 0.541. The summed E-state index contributed by atoms with van der Waals surface area (Å²) in [5.74, 6) is -0.166. The zero-order valence-corrected chi connectivity index (χ0v) is 17.5. The molecule has 158 valence electrons. The van der Waals surface area contributed by atoms with E-state index in [1.165, 1.54) is 5.56 Å². The second-order valence-electron chi connectivity index (χ2n) is 8.51. The van der Waals surface area contributed by atoms with E-state index in [4.69, 9.17) is 0 Å². The molecule has 32 heavy (non-hydrogen) atoms. The Morgan fingerprint density at radius 2 is 1.72 bits per heavy atom. The summed E-state index contributed by atoms with van der Waals surface area (Å²) in [6.07, 6.45) is 1.27. The van der Waals surface area contributed by atoms with Crippen LogP contribution in [0.1, 0.15) is 38.8 Å². The molecule has 5 heteroatoms. The highest BCUT2D eigenvalue weighted by Crippen LogP contribution is 2.46. The Labute approximate surface area is 186 Å². The largest absolute Gasteiger partial charge is 0.356 e. The summed E-state index contributed by atoms with van der Waals surface area (Å²) in [7, 11) is 0. The summed E-state index contributed by atoms with van der Waals surface area (Å²) >= 11 is 0. The number of rotatable bonds is 4. The van der Waals surface area contributed by atoms with Gasteiger partial charge in [0.15, 0.2) is 0 Å². The van der Waals surface area contributed by atoms with Gasteiger partial charge >= 0.3 is 0 Å². The SMILES string of the molecule is O=C(NCCc1ccccc1)C1Cc2c([nH]c3ccccc23)C2c3ccccc3C(=O)N12. The van der Waals surface area contributed by atoms with Gasteiger partial charge in [-0.15, -0.1) is 0 Å². The summed E-state index contributed by atoms with van der Waals surface area (Å²) in [4.78, 5) is 32.1. The Balaban J connectivity index is 1.36. The van der Waals surface area contributed by atoms with Gasteiger partial charge in [0.25, 0.3) is 5.91 Å². The predicted molar refractivity (Wildman–Crippen MR) is 123 cm³/mol. The van der Waals surface area contributed by atoms with E-state index in [-0.39, 0.29) is 17.9 Å². The molecule has 2 N–H and O–H groups in total. The van der Waals surface area contributed by atoms with Gasteiger partial charge in [-0.25, -0.2) is 0 Å². The molecule has 6 rings (SSSR count). The van der Waals surface area contributed by atoms with Crippen molar-refractivity contribution < 1.29 is 9.59 Å². The standard InChI is InChI=1S/C27H23N3O2/c31-26(28-15-14-17-8-2-1-3-9-17)23-16-21-18-10-6-7-13-22(18)29-24(21)25-19-11-4-5-12-20(19)27(32)30(23)25/h1-13,23,25,29H,14-16H2,(H,28,31). The van der Waals surface area contributed by atoms with E-state index in [9.17, 15) is 9.59 Å². The number of hydrogen-bond acceptors (Lipinski definition) is 2. The maximum absolute atomic E-state index is 13.4. The molecule has 0 saturated heterocycles. The molecule has 0 radical (unpaired) electrons. The highest BCUT2D eigenvalue weighted by molar-refractivity contribution is 6.03. The summed E-state index contributed by atoms with van der Waals surface area (Å²) in [5.41, 5.74) is 6.03. The van der Waals surface area contributed by atoms with Crippen LogP contribution in [0.4, 0.5) is 0 Å². The number of carbonyl (C=O) groups is 2. The third-order valence-electron chi connectivity index (χ3n) is 6.71. The quantitative estimate of drug-likeness (QED) is 0.523. The lowest BCUT2D eigenvalue weighted by Crippen LogP contribution is -2.52. The number of nitrogens with one attached hydrogen (secondary N) is 2. The molecule has 5 nitrogen and oxygen atoms in total. The van der Waals surface area contributed by atoms with Crippen LogP contribution in [0.15, 0.2) is 78.9 Å². The van der Waals surface area contributed by atoms with Gasteiger partial charge in [-0.3, -0.25) is 9.59 Å². The fraction of sp³-hybridized carbons (Fsp3) is 0.185. The Morgan fingerprint density at radius 1 is 0.969 bits per heavy atom. The molecule has 3 heterocycles. The van der Waals surface area contributed by atoms with Crippen LogP contribution in [-0.2, 0) is 17.6 Å². The van der Waals surface area contributed by atoms with Gasteiger partial charge in [-0.2, -0.15) is 0 Å². The van der Waals surface area contributed by atoms with E-state index in [2.05, 4.69) is 34.6 Å². The van der Waals surface area contributed by atoms with Crippen LogP contribution in [0.5, 0.6) is 0 Å². The molecule has 2 atom stereocenters. The number of H-pyrrole nitrogens is 1. The Morgan fingerprint density at radius 3 is 2.59 bits per heavy atom. The normalized spacial score (nSPS) is 18.9. The Kier molecular flexibility index (Phi) is 4.35. The maximum atomic E-state index is 13.4. The van der Waals surface area contributed by atoms with Crippen LogP contribution in [0, 0.1) is 0 Å². The third-order valence-corrected chi connectivity index (χ3v) is 6.71. The molecule has 2 amide bonds. The van der Waals surface area contributed by atoms with Crippen LogP contribution in [0.3, 0.4) is 0 Å². The first-order chi connectivity index (χ1) is 15.7. The van der Waals surface area contributed by atoms with Crippen molar-refractivity contribution in [3.63, 3.8) is 0 Å². The smallest absolute Gasteiger partial charge is 0.255 e. The zero-order valence-electron chi connectivity index (χ0n) is 17.5. The predicted octanol–water partition coefficient (Wildman–Crippen LogP) is 4.00. The van der Waals surface area contributed by atoms with Crippen molar-refractivity contribution in [3.8, 4) is 0 Å². The number of aromatic amines is 1. The lowest BCUT2D eigenvalue weighted by molar-refractivity contribution is -0.126. The van der Waals surface area contributed by atoms with Crippen molar-refractivity contribution in [1.82, 2.24) is 15.2 Å². The average molecular weight is 422 g/mol. The Bertz CT molecular complexity index is 1340. The fourth-order valence-electron chi connectivity index (χ4n) is 5.23. The van der Waals surface area contributed by atoms with Crippen molar-refractivity contribution in [2.24, 2.45) is 0 Å². The van der Waals surface area contributed by atoms with Gasteiger partial charge in [-0.1, -0.05) is 66.7 Å². The molecular formula is C27H23N3O2. The van der Waals surface area contributed by atoms with E-state index in [0.29, 0.717) is 18.5 Å². The van der Waals surface area contributed by atoms with E-state index >= 15 is 0 Å². The minimum atomic E-state index is -0.539. The van der Waals surface area contributed by atoms with Gasteiger partial charge in [0.1, 0.15) is 6.04 Å². The molecule has 0 fully saturated rings. The topological polar surface area (TPSA) is 65.2 Å². The monoisotopic (exact) mass is 421 g/mol. The van der Waals surface area contributed by atoms with E-state index in [0.717, 1.165) is 34.1 Å². The van der Waals surface area contributed by atoms with Gasteiger partial charge in [-0.05, 0) is 35.2 Å². The maximum Gasteiger partial charge on any atom is 0.255 e. The number of amides is 2. The fourth-order valence-corrected chi connectivity index (χ4v) is 5.23. The van der Waals surface area contributed by atoms with Crippen molar-refractivity contribution in [1.29, 1.82) is 0 Å². The number of para-hydroxylation sites is 1. The van der Waals surface area contributed by atoms with E-state index in [1.807, 2.05) is 54.6 Å². The first-order valence-electron chi connectivity index (χ1n) is 11.0.